The molecular weight excluding hydrogens is 417 g/mol. The Hall–Kier alpha value is -3.52. The van der Waals surface area contributed by atoms with Crippen molar-refractivity contribution in [1.82, 2.24) is 5.43 Å². The van der Waals surface area contributed by atoms with E-state index in [2.05, 4.69) is 10.5 Å². The molecule has 0 aliphatic heterocycles. The molecule has 31 heavy (non-hydrogen) atoms. The monoisotopic (exact) mass is 439 g/mol. The van der Waals surface area contributed by atoms with Crippen molar-refractivity contribution in [3.8, 4) is 0 Å². The lowest BCUT2D eigenvalue weighted by molar-refractivity contribution is -0.119. The molecule has 0 aliphatic rings. The topological polar surface area (TPSA) is 78.8 Å². The molecule has 0 saturated carbocycles. The maximum atomic E-state index is 13.4. The fraction of sp³-hybridized carbons (Fsp3) is 0.130. The molecule has 1 amide bonds. The number of nitrogens with one attached hydrogen (secondary N) is 1. The minimum absolute atomic E-state index is 0.0264. The van der Waals surface area contributed by atoms with Crippen LogP contribution in [0.15, 0.2) is 82.8 Å². The molecule has 8 heteroatoms. The number of nitrogens with zero attached hydrogens (tertiary/aromatic N) is 2. The summed E-state index contributed by atoms with van der Waals surface area (Å²) in [6.07, 6.45) is 1.47. The number of carbonyl (C=O) groups is 1. The van der Waals surface area contributed by atoms with E-state index < -0.39 is 28.3 Å². The molecule has 1 N–H and O–H groups in total. The van der Waals surface area contributed by atoms with Gasteiger partial charge in [-0.25, -0.2) is 18.2 Å². The Bertz CT molecular complexity index is 1190. The highest BCUT2D eigenvalue weighted by Gasteiger charge is 2.27. The number of aryl methyl sites for hydroxylation is 2. The second kappa shape index (κ2) is 9.53. The zero-order chi connectivity index (χ0) is 22.4. The number of hydrogen-bond donors (Lipinski definition) is 1. The summed E-state index contributed by atoms with van der Waals surface area (Å²) in [6.45, 7) is 3.26. The Labute approximate surface area is 181 Å². The van der Waals surface area contributed by atoms with Gasteiger partial charge in [-0.05, 0) is 55.8 Å². The number of carbonyl (C=O) groups excluding carboxylic acids is 1. The second-order valence-electron chi connectivity index (χ2n) is 7.01. The van der Waals surface area contributed by atoms with E-state index in [4.69, 9.17) is 0 Å². The van der Waals surface area contributed by atoms with Crippen LogP contribution in [0, 0.1) is 19.7 Å². The van der Waals surface area contributed by atoms with E-state index >= 15 is 0 Å². The molecule has 0 aliphatic carbocycles. The number of amides is 1. The Morgan fingerprint density at radius 2 is 1.68 bits per heavy atom. The van der Waals surface area contributed by atoms with Gasteiger partial charge < -0.3 is 0 Å². The largest absolute Gasteiger partial charge is 0.271 e. The Balaban J connectivity index is 1.83. The maximum Gasteiger partial charge on any atom is 0.264 e. The third-order valence-corrected chi connectivity index (χ3v) is 6.24. The third kappa shape index (κ3) is 5.76. The van der Waals surface area contributed by atoms with Gasteiger partial charge in [-0.1, -0.05) is 47.5 Å². The standard InChI is InChI=1S/C23H22FN3O3S/c1-17-6-12-22(13-7-17)31(29,30)27(21-10-8-20(24)9-11-21)16-23(28)26-25-15-19-5-3-4-18(2)14-19/h3-15H,16H2,1-2H3,(H,26,28)/b25-15-. The SMILES string of the molecule is Cc1ccc(S(=O)(=O)N(CC(=O)N/N=C\c2cccc(C)c2)c2ccc(F)cc2)cc1. The van der Waals surface area contributed by atoms with Crippen molar-refractivity contribution in [3.05, 3.63) is 95.3 Å². The highest BCUT2D eigenvalue weighted by molar-refractivity contribution is 7.92. The first kappa shape index (κ1) is 22.2. The van der Waals surface area contributed by atoms with Crippen LogP contribution in [-0.4, -0.2) is 27.1 Å². The van der Waals surface area contributed by atoms with Gasteiger partial charge in [0.2, 0.25) is 0 Å². The van der Waals surface area contributed by atoms with E-state index in [1.807, 2.05) is 38.1 Å². The van der Waals surface area contributed by atoms with Crippen LogP contribution in [0.3, 0.4) is 0 Å². The summed E-state index contributed by atoms with van der Waals surface area (Å²) >= 11 is 0. The molecule has 0 bridgehead atoms. The Morgan fingerprint density at radius 3 is 2.32 bits per heavy atom. The molecule has 0 saturated heterocycles. The molecule has 0 aromatic heterocycles. The fourth-order valence-electron chi connectivity index (χ4n) is 2.85. The summed E-state index contributed by atoms with van der Waals surface area (Å²) in [5.41, 5.74) is 5.25. The van der Waals surface area contributed by atoms with Crippen molar-refractivity contribution in [3.63, 3.8) is 0 Å². The van der Waals surface area contributed by atoms with Crippen molar-refractivity contribution < 1.29 is 17.6 Å². The number of halogens is 1. The van der Waals surface area contributed by atoms with Crippen LogP contribution in [0.5, 0.6) is 0 Å². The van der Waals surface area contributed by atoms with Gasteiger partial charge >= 0.3 is 0 Å². The van der Waals surface area contributed by atoms with E-state index in [0.717, 1.165) is 33.1 Å². The molecule has 3 aromatic carbocycles. The van der Waals surface area contributed by atoms with Crippen molar-refractivity contribution in [2.75, 3.05) is 10.8 Å². The smallest absolute Gasteiger partial charge is 0.264 e. The number of anilines is 1. The predicted octanol–water partition coefficient (Wildman–Crippen LogP) is 3.79. The molecule has 3 rings (SSSR count). The molecule has 0 fully saturated rings. The first-order chi connectivity index (χ1) is 14.8. The van der Waals surface area contributed by atoms with Crippen LogP contribution < -0.4 is 9.73 Å². The highest BCUT2D eigenvalue weighted by Crippen LogP contribution is 2.24. The fourth-order valence-corrected chi connectivity index (χ4v) is 4.28. The average molecular weight is 440 g/mol. The first-order valence-electron chi connectivity index (χ1n) is 9.49. The molecule has 6 nitrogen and oxygen atoms in total. The van der Waals surface area contributed by atoms with E-state index in [1.54, 1.807) is 12.1 Å². The van der Waals surface area contributed by atoms with Crippen LogP contribution >= 0.6 is 0 Å². The summed E-state index contributed by atoms with van der Waals surface area (Å²) in [5.74, 6) is -1.15. The quantitative estimate of drug-likeness (QED) is 0.449. The van der Waals surface area contributed by atoms with Crippen LogP contribution in [-0.2, 0) is 14.8 Å². The third-order valence-electron chi connectivity index (χ3n) is 4.46. The first-order valence-corrected chi connectivity index (χ1v) is 10.9. The lowest BCUT2D eigenvalue weighted by atomic mass is 10.2. The molecular formula is C23H22FN3O3S. The molecule has 0 spiro atoms. The van der Waals surface area contributed by atoms with Crippen LogP contribution in [0.1, 0.15) is 16.7 Å². The number of rotatable bonds is 7. The van der Waals surface area contributed by atoms with Gasteiger partial charge in [-0.3, -0.25) is 9.10 Å². The summed E-state index contributed by atoms with van der Waals surface area (Å²) in [5, 5.41) is 3.90. The Morgan fingerprint density at radius 1 is 1.00 bits per heavy atom. The van der Waals surface area contributed by atoms with Gasteiger partial charge in [0.1, 0.15) is 12.4 Å². The molecule has 0 heterocycles. The van der Waals surface area contributed by atoms with Crippen molar-refractivity contribution in [2.24, 2.45) is 5.10 Å². The molecule has 0 atom stereocenters. The molecule has 160 valence electrons. The van der Waals surface area contributed by atoms with Crippen molar-refractivity contribution in [1.29, 1.82) is 0 Å². The van der Waals surface area contributed by atoms with Crippen molar-refractivity contribution >= 4 is 27.8 Å². The van der Waals surface area contributed by atoms with Gasteiger partial charge in [0, 0.05) is 0 Å². The van der Waals surface area contributed by atoms with E-state index in [1.165, 1.54) is 30.5 Å². The summed E-state index contributed by atoms with van der Waals surface area (Å²) < 4.78 is 40.7. The van der Waals surface area contributed by atoms with Gasteiger partial charge in [0.15, 0.2) is 0 Å². The highest BCUT2D eigenvalue weighted by atomic mass is 32.2. The van der Waals surface area contributed by atoms with E-state index in [0.29, 0.717) is 0 Å². The number of hydrogen-bond acceptors (Lipinski definition) is 4. The van der Waals surface area contributed by atoms with Gasteiger partial charge in [0.25, 0.3) is 15.9 Å². The van der Waals surface area contributed by atoms with Gasteiger partial charge in [0.05, 0.1) is 16.8 Å². The Kier molecular flexibility index (Phi) is 6.81. The number of benzene rings is 3. The molecule has 0 radical (unpaired) electrons. The van der Waals surface area contributed by atoms with Crippen LogP contribution in [0.25, 0.3) is 0 Å². The maximum absolute atomic E-state index is 13.4. The molecule has 3 aromatic rings. The van der Waals surface area contributed by atoms with Gasteiger partial charge in [-0.15, -0.1) is 0 Å². The summed E-state index contributed by atoms with van der Waals surface area (Å²) in [7, 11) is -4.06. The summed E-state index contributed by atoms with van der Waals surface area (Å²) in [4.78, 5) is 12.5. The second-order valence-corrected chi connectivity index (χ2v) is 8.87. The van der Waals surface area contributed by atoms with Crippen molar-refractivity contribution in [2.45, 2.75) is 18.7 Å². The number of hydrazone groups is 1. The van der Waals surface area contributed by atoms with E-state index in [9.17, 15) is 17.6 Å². The zero-order valence-electron chi connectivity index (χ0n) is 17.1. The predicted molar refractivity (Wildman–Crippen MR) is 119 cm³/mol. The number of sulfonamides is 1. The summed E-state index contributed by atoms with van der Waals surface area (Å²) in [6, 6.07) is 18.7. The van der Waals surface area contributed by atoms with E-state index in [-0.39, 0.29) is 10.6 Å². The lowest BCUT2D eigenvalue weighted by Gasteiger charge is -2.23. The minimum Gasteiger partial charge on any atom is -0.271 e. The normalized spacial score (nSPS) is 11.5. The molecule has 0 unspecified atom stereocenters. The van der Waals surface area contributed by atoms with Gasteiger partial charge in [-0.2, -0.15) is 5.10 Å². The minimum atomic E-state index is -4.06. The van der Waals surface area contributed by atoms with Crippen LogP contribution in [0.2, 0.25) is 0 Å². The zero-order valence-corrected chi connectivity index (χ0v) is 17.9. The van der Waals surface area contributed by atoms with Crippen LogP contribution in [0.4, 0.5) is 10.1 Å². The lowest BCUT2D eigenvalue weighted by Crippen LogP contribution is -2.39. The average Bonchev–Trinajstić information content (AvgIpc) is 2.73.